The van der Waals surface area contributed by atoms with Crippen LogP contribution in [-0.2, 0) is 6.54 Å². The molecule has 0 spiro atoms. The number of carboxylic acid groups (broad SMARTS) is 1. The van der Waals surface area contributed by atoms with Gasteiger partial charge in [-0.2, -0.15) is 0 Å². The normalized spacial score (nSPS) is 15.1. The number of aromatic nitrogens is 1. The van der Waals surface area contributed by atoms with Crippen molar-refractivity contribution in [3.63, 3.8) is 0 Å². The van der Waals surface area contributed by atoms with Gasteiger partial charge in [-0.15, -0.1) is 0 Å². The Labute approximate surface area is 225 Å². The number of carbonyl (C=O) groups excluding carboxylic acids is 1. The molecule has 2 heterocycles. The Bertz CT molecular complexity index is 1210. The number of hydrogen-bond acceptors (Lipinski definition) is 5. The van der Waals surface area contributed by atoms with E-state index in [0.717, 1.165) is 43.9 Å². The van der Waals surface area contributed by atoms with E-state index < -0.39 is 6.09 Å². The minimum Gasteiger partial charge on any atom is -0.465 e. The molecule has 38 heavy (non-hydrogen) atoms. The van der Waals surface area contributed by atoms with E-state index in [1.54, 1.807) is 7.05 Å². The fourth-order valence-corrected chi connectivity index (χ4v) is 5.06. The number of nitrogens with zero attached hydrogens (tertiary/aromatic N) is 5. The predicted octanol–water partition coefficient (Wildman–Crippen LogP) is 4.59. The molecular formula is C30H37N5O3. The van der Waals surface area contributed by atoms with Crippen LogP contribution in [0.2, 0.25) is 0 Å². The van der Waals surface area contributed by atoms with Gasteiger partial charge >= 0.3 is 6.09 Å². The highest BCUT2D eigenvalue weighted by atomic mass is 16.4. The average molecular weight is 516 g/mol. The maximum absolute atomic E-state index is 12.9. The van der Waals surface area contributed by atoms with Crippen molar-refractivity contribution in [2.24, 2.45) is 0 Å². The average Bonchev–Trinajstić information content (AvgIpc) is 2.95. The number of pyridine rings is 1. The van der Waals surface area contributed by atoms with Gasteiger partial charge in [0.15, 0.2) is 0 Å². The molecule has 2 aromatic carbocycles. The summed E-state index contributed by atoms with van der Waals surface area (Å²) in [6, 6.07) is 19.7. The van der Waals surface area contributed by atoms with Crippen LogP contribution in [0.1, 0.15) is 46.9 Å². The van der Waals surface area contributed by atoms with Crippen molar-refractivity contribution in [3.05, 3.63) is 95.3 Å². The third-order valence-electron chi connectivity index (χ3n) is 7.31. The lowest BCUT2D eigenvalue weighted by atomic mass is 9.94. The van der Waals surface area contributed by atoms with E-state index in [1.165, 1.54) is 10.5 Å². The summed E-state index contributed by atoms with van der Waals surface area (Å²) < 4.78 is 0. The summed E-state index contributed by atoms with van der Waals surface area (Å²) in [4.78, 5) is 36.6. The molecular weight excluding hydrogens is 478 g/mol. The lowest BCUT2D eigenvalue weighted by Gasteiger charge is -2.40. The molecule has 3 aromatic rings. The number of rotatable bonds is 9. The number of carbonyl (C=O) groups is 2. The Balaban J connectivity index is 1.60. The molecule has 0 bridgehead atoms. The molecule has 0 aliphatic carbocycles. The highest BCUT2D eigenvalue weighted by molar-refractivity contribution is 5.94. The molecule has 200 valence electrons. The van der Waals surface area contributed by atoms with Crippen LogP contribution in [0, 0.1) is 0 Å². The van der Waals surface area contributed by atoms with E-state index in [-0.39, 0.29) is 11.9 Å². The Morgan fingerprint density at radius 3 is 2.18 bits per heavy atom. The van der Waals surface area contributed by atoms with Crippen LogP contribution in [0.4, 0.5) is 10.5 Å². The first-order valence-electron chi connectivity index (χ1n) is 13.2. The van der Waals surface area contributed by atoms with Crippen molar-refractivity contribution >= 4 is 17.7 Å². The van der Waals surface area contributed by atoms with Gasteiger partial charge in [-0.25, -0.2) is 4.79 Å². The zero-order valence-corrected chi connectivity index (χ0v) is 22.5. The third-order valence-corrected chi connectivity index (χ3v) is 7.31. The van der Waals surface area contributed by atoms with Gasteiger partial charge in [0.05, 0.1) is 6.04 Å². The molecule has 1 fully saturated rings. The number of piperazine rings is 1. The van der Waals surface area contributed by atoms with Crippen molar-refractivity contribution in [2.75, 3.05) is 51.2 Å². The van der Waals surface area contributed by atoms with E-state index in [4.69, 9.17) is 0 Å². The molecule has 8 heteroatoms. The van der Waals surface area contributed by atoms with Crippen LogP contribution < -0.4 is 4.90 Å². The van der Waals surface area contributed by atoms with Crippen molar-refractivity contribution < 1.29 is 14.7 Å². The highest BCUT2D eigenvalue weighted by Crippen LogP contribution is 2.32. The Hall–Kier alpha value is -3.75. The zero-order chi connectivity index (χ0) is 27.1. The lowest BCUT2D eigenvalue weighted by Crippen LogP contribution is -2.47. The van der Waals surface area contributed by atoms with E-state index in [0.29, 0.717) is 24.3 Å². The van der Waals surface area contributed by atoms with Gasteiger partial charge < -0.3 is 10.0 Å². The van der Waals surface area contributed by atoms with Gasteiger partial charge in [0.2, 0.25) is 0 Å². The molecule has 1 aromatic heterocycles. The predicted molar refractivity (Wildman–Crippen MR) is 149 cm³/mol. The maximum atomic E-state index is 12.9. The first kappa shape index (κ1) is 27.3. The molecule has 4 rings (SSSR count). The van der Waals surface area contributed by atoms with Crippen molar-refractivity contribution in [3.8, 4) is 0 Å². The monoisotopic (exact) mass is 515 g/mol. The van der Waals surface area contributed by atoms with Gasteiger partial charge in [-0.3, -0.25) is 24.5 Å². The van der Waals surface area contributed by atoms with Crippen LogP contribution in [-0.4, -0.2) is 83.1 Å². The zero-order valence-electron chi connectivity index (χ0n) is 22.5. The number of hydrogen-bond donors (Lipinski definition) is 1. The first-order chi connectivity index (χ1) is 18.4. The summed E-state index contributed by atoms with van der Waals surface area (Å²) >= 11 is 0. The van der Waals surface area contributed by atoms with Gasteiger partial charge in [-0.05, 0) is 66.9 Å². The fraction of sp³-hybridized carbons (Fsp3) is 0.367. The second kappa shape index (κ2) is 12.7. The van der Waals surface area contributed by atoms with Crippen molar-refractivity contribution in [2.45, 2.75) is 26.4 Å². The largest absolute Gasteiger partial charge is 0.465 e. The van der Waals surface area contributed by atoms with Crippen LogP contribution in [0.15, 0.2) is 73.1 Å². The summed E-state index contributed by atoms with van der Waals surface area (Å²) in [5, 5.41) is 9.52. The number of anilines is 1. The maximum Gasteiger partial charge on any atom is 0.411 e. The summed E-state index contributed by atoms with van der Waals surface area (Å²) in [7, 11) is 1.56. The molecule has 1 saturated heterocycles. The van der Waals surface area contributed by atoms with Crippen molar-refractivity contribution in [1.29, 1.82) is 0 Å². The highest BCUT2D eigenvalue weighted by Gasteiger charge is 2.27. The smallest absolute Gasteiger partial charge is 0.411 e. The Morgan fingerprint density at radius 2 is 1.58 bits per heavy atom. The van der Waals surface area contributed by atoms with Crippen LogP contribution >= 0.6 is 0 Å². The number of benzene rings is 2. The summed E-state index contributed by atoms with van der Waals surface area (Å²) in [5.41, 5.74) is 4.67. The molecule has 0 radical (unpaired) electrons. The minimum atomic E-state index is -0.998. The summed E-state index contributed by atoms with van der Waals surface area (Å²) in [6.07, 6.45) is 2.66. The fourth-order valence-electron chi connectivity index (χ4n) is 5.06. The lowest BCUT2D eigenvalue weighted by molar-refractivity contribution is 0.0772. The third kappa shape index (κ3) is 6.38. The topological polar surface area (TPSA) is 80.2 Å². The van der Waals surface area contributed by atoms with E-state index in [9.17, 15) is 14.7 Å². The van der Waals surface area contributed by atoms with Gasteiger partial charge in [0, 0.05) is 76.5 Å². The van der Waals surface area contributed by atoms with Crippen LogP contribution in [0.5, 0.6) is 0 Å². The molecule has 1 atom stereocenters. The first-order valence-corrected chi connectivity index (χ1v) is 13.2. The van der Waals surface area contributed by atoms with Gasteiger partial charge in [0.25, 0.3) is 5.91 Å². The van der Waals surface area contributed by atoms with E-state index >= 15 is 0 Å². The molecule has 0 unspecified atom stereocenters. The minimum absolute atomic E-state index is 0.0351. The summed E-state index contributed by atoms with van der Waals surface area (Å²) in [5.74, 6) is 0.0351. The van der Waals surface area contributed by atoms with Crippen LogP contribution in [0.25, 0.3) is 0 Å². The molecule has 0 saturated carbocycles. The molecule has 1 aliphatic heterocycles. The second-order valence-electron chi connectivity index (χ2n) is 9.61. The molecule has 1 aliphatic rings. The molecule has 2 amide bonds. The Kier molecular flexibility index (Phi) is 9.10. The van der Waals surface area contributed by atoms with Gasteiger partial charge in [0.1, 0.15) is 0 Å². The molecule has 8 nitrogen and oxygen atoms in total. The SMILES string of the molecule is CCN(CC)C(=O)c1ccc([C@@H](c2cccc(N(C)C(=O)O)c2)N2CCN(Cc3ccncc3)CC2)cc1. The van der Waals surface area contributed by atoms with Crippen LogP contribution in [0.3, 0.4) is 0 Å². The van der Waals surface area contributed by atoms with E-state index in [1.807, 2.05) is 73.6 Å². The van der Waals surface area contributed by atoms with Crippen molar-refractivity contribution in [1.82, 2.24) is 19.7 Å². The standard InChI is InChI=1S/C30H37N5O3/c1-4-34(5-2)29(36)25-11-9-24(10-12-25)28(26-7-6-8-27(21-26)32(3)30(37)38)35-19-17-33(18-20-35)22-23-13-15-31-16-14-23/h6-16,21,28H,4-5,17-20,22H2,1-3H3,(H,37,38)/t28-/m0/s1. The second-order valence-corrected chi connectivity index (χ2v) is 9.61. The Morgan fingerprint density at radius 1 is 0.921 bits per heavy atom. The van der Waals surface area contributed by atoms with Gasteiger partial charge in [-0.1, -0.05) is 24.3 Å². The molecule has 1 N–H and O–H groups in total. The summed E-state index contributed by atoms with van der Waals surface area (Å²) in [6.45, 7) is 9.80. The van der Waals surface area contributed by atoms with E-state index in [2.05, 4.69) is 33.0 Å². The number of amides is 2. The quantitative estimate of drug-likeness (QED) is 0.449.